The Morgan fingerprint density at radius 2 is 2.07 bits per heavy atom. The number of benzene rings is 1. The topological polar surface area (TPSA) is 89.3 Å². The Morgan fingerprint density at radius 3 is 2.83 bits per heavy atom. The minimum absolute atomic E-state index is 0.000113. The van der Waals surface area contributed by atoms with E-state index >= 15 is 0 Å². The number of nitrogens with one attached hydrogen (secondary N) is 1. The normalized spacial score (nSPS) is 19.0. The second kappa shape index (κ2) is 8.32. The molecule has 0 radical (unpaired) electrons. The number of aromatic nitrogens is 3. The SMILES string of the molecule is Cc1ccc(C(=O)N2CCc3nnc(CNC(=O)C4CCOC4)n3CC2)c(C)c1. The maximum Gasteiger partial charge on any atom is 0.254 e. The number of nitrogens with zero attached hydrogens (tertiary/aromatic N) is 4. The zero-order valence-electron chi connectivity index (χ0n) is 17.0. The van der Waals surface area contributed by atoms with Gasteiger partial charge in [-0.15, -0.1) is 10.2 Å². The van der Waals surface area contributed by atoms with Gasteiger partial charge in [-0.25, -0.2) is 0 Å². The highest BCUT2D eigenvalue weighted by atomic mass is 16.5. The van der Waals surface area contributed by atoms with Crippen molar-refractivity contribution in [2.45, 2.75) is 39.8 Å². The molecule has 29 heavy (non-hydrogen) atoms. The molecule has 2 amide bonds. The average molecular weight is 397 g/mol. The van der Waals surface area contributed by atoms with Gasteiger partial charge in [0.1, 0.15) is 5.82 Å². The van der Waals surface area contributed by atoms with Crippen LogP contribution in [0.15, 0.2) is 18.2 Å². The molecule has 3 heterocycles. The molecule has 4 rings (SSSR count). The van der Waals surface area contributed by atoms with Gasteiger partial charge >= 0.3 is 0 Å². The number of ether oxygens (including phenoxy) is 1. The number of amides is 2. The van der Waals surface area contributed by atoms with E-state index in [9.17, 15) is 9.59 Å². The second-order valence-corrected chi connectivity index (χ2v) is 7.82. The number of rotatable bonds is 4. The van der Waals surface area contributed by atoms with Crippen molar-refractivity contribution in [3.05, 3.63) is 46.5 Å². The molecule has 1 fully saturated rings. The third-order valence-corrected chi connectivity index (χ3v) is 5.72. The molecular formula is C21H27N5O3. The molecule has 1 aromatic heterocycles. The smallest absolute Gasteiger partial charge is 0.254 e. The first kappa shape index (κ1) is 19.6. The molecule has 1 saturated heterocycles. The predicted octanol–water partition coefficient (Wildman–Crippen LogP) is 1.25. The lowest BCUT2D eigenvalue weighted by Gasteiger charge is -2.21. The van der Waals surface area contributed by atoms with E-state index in [4.69, 9.17) is 4.74 Å². The molecule has 8 heteroatoms. The Balaban J connectivity index is 1.40. The van der Waals surface area contributed by atoms with Crippen LogP contribution >= 0.6 is 0 Å². The fraction of sp³-hybridized carbons (Fsp3) is 0.524. The zero-order chi connectivity index (χ0) is 20.4. The summed E-state index contributed by atoms with van der Waals surface area (Å²) in [4.78, 5) is 27.1. The molecule has 0 aliphatic carbocycles. The van der Waals surface area contributed by atoms with Gasteiger partial charge in [-0.3, -0.25) is 9.59 Å². The Morgan fingerprint density at radius 1 is 1.21 bits per heavy atom. The molecule has 0 bridgehead atoms. The van der Waals surface area contributed by atoms with E-state index < -0.39 is 0 Å². The highest BCUT2D eigenvalue weighted by molar-refractivity contribution is 5.95. The molecule has 154 valence electrons. The van der Waals surface area contributed by atoms with Gasteiger partial charge in [0.05, 0.1) is 19.1 Å². The van der Waals surface area contributed by atoms with Crippen LogP contribution in [-0.4, -0.2) is 57.8 Å². The van der Waals surface area contributed by atoms with Gasteiger partial charge in [-0.2, -0.15) is 0 Å². The summed E-state index contributed by atoms with van der Waals surface area (Å²) in [7, 11) is 0. The first-order chi connectivity index (χ1) is 14.0. The minimum atomic E-state index is -0.0765. The van der Waals surface area contributed by atoms with Crippen LogP contribution in [0.1, 0.15) is 39.6 Å². The Bertz CT molecular complexity index is 917. The average Bonchev–Trinajstić information content (AvgIpc) is 3.32. The summed E-state index contributed by atoms with van der Waals surface area (Å²) >= 11 is 0. The Kier molecular flexibility index (Phi) is 5.62. The number of carbonyl (C=O) groups excluding carboxylic acids is 2. The van der Waals surface area contributed by atoms with Crippen molar-refractivity contribution in [2.75, 3.05) is 26.3 Å². The van der Waals surface area contributed by atoms with E-state index in [-0.39, 0.29) is 17.7 Å². The Hall–Kier alpha value is -2.74. The third kappa shape index (κ3) is 4.17. The van der Waals surface area contributed by atoms with Crippen LogP contribution in [0.4, 0.5) is 0 Å². The maximum absolute atomic E-state index is 13.0. The predicted molar refractivity (Wildman–Crippen MR) is 106 cm³/mol. The van der Waals surface area contributed by atoms with Crippen molar-refractivity contribution in [1.29, 1.82) is 0 Å². The largest absolute Gasteiger partial charge is 0.381 e. The molecule has 8 nitrogen and oxygen atoms in total. The zero-order valence-corrected chi connectivity index (χ0v) is 17.0. The van der Waals surface area contributed by atoms with Gasteiger partial charge in [0.15, 0.2) is 5.82 Å². The molecule has 0 saturated carbocycles. The maximum atomic E-state index is 13.0. The van der Waals surface area contributed by atoms with Crippen molar-refractivity contribution in [3.63, 3.8) is 0 Å². The highest BCUT2D eigenvalue weighted by Crippen LogP contribution is 2.17. The van der Waals surface area contributed by atoms with E-state index in [0.29, 0.717) is 45.8 Å². The summed E-state index contributed by atoms with van der Waals surface area (Å²) in [6.07, 6.45) is 1.41. The number of hydrogen-bond acceptors (Lipinski definition) is 5. The van der Waals surface area contributed by atoms with Gasteiger partial charge in [0.25, 0.3) is 5.91 Å². The van der Waals surface area contributed by atoms with E-state index in [2.05, 4.69) is 15.5 Å². The van der Waals surface area contributed by atoms with E-state index in [1.54, 1.807) is 0 Å². The Labute approximate surface area is 170 Å². The van der Waals surface area contributed by atoms with Crippen LogP contribution in [0, 0.1) is 19.8 Å². The first-order valence-corrected chi connectivity index (χ1v) is 10.2. The summed E-state index contributed by atoms with van der Waals surface area (Å²) in [5.74, 6) is 1.56. The summed E-state index contributed by atoms with van der Waals surface area (Å²) in [5.41, 5.74) is 2.90. The monoisotopic (exact) mass is 397 g/mol. The number of aryl methyl sites for hydroxylation is 2. The van der Waals surface area contributed by atoms with Crippen LogP contribution in [0.5, 0.6) is 0 Å². The second-order valence-electron chi connectivity index (χ2n) is 7.82. The molecule has 2 aliphatic heterocycles. The van der Waals surface area contributed by atoms with Gasteiger partial charge in [0, 0.05) is 38.2 Å². The lowest BCUT2D eigenvalue weighted by molar-refractivity contribution is -0.125. The highest BCUT2D eigenvalue weighted by Gasteiger charge is 2.26. The number of carbonyl (C=O) groups is 2. The molecule has 1 unspecified atom stereocenters. The van der Waals surface area contributed by atoms with Gasteiger partial charge in [0.2, 0.25) is 5.91 Å². The van der Waals surface area contributed by atoms with Crippen LogP contribution < -0.4 is 5.32 Å². The van der Waals surface area contributed by atoms with Gasteiger partial charge in [-0.1, -0.05) is 17.7 Å². The molecule has 1 N–H and O–H groups in total. The van der Waals surface area contributed by atoms with Crippen molar-refractivity contribution in [2.24, 2.45) is 5.92 Å². The van der Waals surface area contributed by atoms with Crippen LogP contribution in [0.2, 0.25) is 0 Å². The summed E-state index contributed by atoms with van der Waals surface area (Å²) in [6, 6.07) is 5.92. The molecular weight excluding hydrogens is 370 g/mol. The number of fused-ring (bicyclic) bond motifs is 1. The fourth-order valence-corrected chi connectivity index (χ4v) is 3.99. The van der Waals surface area contributed by atoms with E-state index in [0.717, 1.165) is 34.8 Å². The van der Waals surface area contributed by atoms with Crippen molar-refractivity contribution in [3.8, 4) is 0 Å². The van der Waals surface area contributed by atoms with Crippen molar-refractivity contribution < 1.29 is 14.3 Å². The summed E-state index contributed by atoms with van der Waals surface area (Å²) < 4.78 is 7.30. The minimum Gasteiger partial charge on any atom is -0.381 e. The van der Waals surface area contributed by atoms with Gasteiger partial charge < -0.3 is 19.5 Å². The number of hydrogen-bond donors (Lipinski definition) is 1. The van der Waals surface area contributed by atoms with E-state index in [1.807, 2.05) is 41.5 Å². The quantitative estimate of drug-likeness (QED) is 0.839. The molecule has 1 atom stereocenters. The standard InChI is InChI=1S/C21H27N5O3/c1-14-3-4-17(15(2)11-14)21(28)25-7-5-18-23-24-19(26(18)9-8-25)12-22-20(27)16-6-10-29-13-16/h3-4,11,16H,5-10,12-13H2,1-2H3,(H,22,27). The van der Waals surface area contributed by atoms with Gasteiger partial charge in [-0.05, 0) is 31.9 Å². The molecule has 2 aliphatic rings. The van der Waals surface area contributed by atoms with Crippen LogP contribution in [0.25, 0.3) is 0 Å². The fourth-order valence-electron chi connectivity index (χ4n) is 3.99. The summed E-state index contributed by atoms with van der Waals surface area (Å²) in [6.45, 7) is 7.29. The van der Waals surface area contributed by atoms with Crippen LogP contribution in [0.3, 0.4) is 0 Å². The lowest BCUT2D eigenvalue weighted by atomic mass is 10.0. The molecule has 2 aromatic rings. The van der Waals surface area contributed by atoms with Crippen molar-refractivity contribution in [1.82, 2.24) is 25.0 Å². The first-order valence-electron chi connectivity index (χ1n) is 10.2. The van der Waals surface area contributed by atoms with Crippen molar-refractivity contribution >= 4 is 11.8 Å². The third-order valence-electron chi connectivity index (χ3n) is 5.72. The lowest BCUT2D eigenvalue weighted by Crippen LogP contribution is -2.34. The van der Waals surface area contributed by atoms with E-state index in [1.165, 1.54) is 0 Å². The van der Waals surface area contributed by atoms with Crippen LogP contribution in [-0.2, 0) is 29.0 Å². The summed E-state index contributed by atoms with van der Waals surface area (Å²) in [5, 5.41) is 11.5. The molecule has 0 spiro atoms. The molecule has 1 aromatic carbocycles.